The molecule has 2 unspecified atom stereocenters. The van der Waals surface area contributed by atoms with Crippen LogP contribution in [0, 0.1) is 0 Å². The second kappa shape index (κ2) is 4.72. The van der Waals surface area contributed by atoms with Crippen LogP contribution >= 0.6 is 0 Å². The van der Waals surface area contributed by atoms with Crippen molar-refractivity contribution in [2.75, 3.05) is 13.7 Å². The van der Waals surface area contributed by atoms with Gasteiger partial charge in [0.25, 0.3) is 0 Å². The highest BCUT2D eigenvalue weighted by Gasteiger charge is 2.20. The van der Waals surface area contributed by atoms with Gasteiger partial charge in [0, 0.05) is 6.61 Å². The quantitative estimate of drug-likeness (QED) is 0.807. The molecule has 1 aliphatic rings. The van der Waals surface area contributed by atoms with Gasteiger partial charge in [0.2, 0.25) is 5.89 Å². The van der Waals surface area contributed by atoms with E-state index < -0.39 is 0 Å². The molecular weight excluding hydrogens is 194 g/mol. The lowest BCUT2D eigenvalue weighted by Crippen LogP contribution is -2.14. The van der Waals surface area contributed by atoms with Crippen LogP contribution in [0.4, 0.5) is 0 Å². The molecule has 0 amide bonds. The van der Waals surface area contributed by atoms with Gasteiger partial charge in [-0.3, -0.25) is 0 Å². The standard InChI is InChI=1S/C10H17N3O2/c1-7(11-2)10-12-9(15-13-10)6-8-4-3-5-14-8/h7-8,11H,3-6H2,1-2H3. The normalized spacial score (nSPS) is 23.2. The van der Waals surface area contributed by atoms with E-state index in [1.165, 1.54) is 0 Å². The minimum Gasteiger partial charge on any atom is -0.378 e. The van der Waals surface area contributed by atoms with Crippen LogP contribution in [-0.4, -0.2) is 29.9 Å². The second-order valence-electron chi connectivity index (χ2n) is 3.90. The molecule has 1 aromatic rings. The molecule has 2 heterocycles. The average molecular weight is 211 g/mol. The summed E-state index contributed by atoms with van der Waals surface area (Å²) < 4.78 is 10.7. The average Bonchev–Trinajstić information content (AvgIpc) is 2.88. The first-order chi connectivity index (χ1) is 7.29. The van der Waals surface area contributed by atoms with Crippen molar-refractivity contribution in [2.24, 2.45) is 0 Å². The number of ether oxygens (including phenoxy) is 1. The molecule has 84 valence electrons. The third-order valence-corrected chi connectivity index (χ3v) is 2.73. The van der Waals surface area contributed by atoms with Crippen LogP contribution in [-0.2, 0) is 11.2 Å². The number of nitrogens with zero attached hydrogens (tertiary/aromatic N) is 2. The fourth-order valence-corrected chi connectivity index (χ4v) is 1.66. The van der Waals surface area contributed by atoms with Crippen LogP contribution < -0.4 is 5.32 Å². The Morgan fingerprint density at radius 1 is 1.60 bits per heavy atom. The largest absolute Gasteiger partial charge is 0.378 e. The Kier molecular flexibility index (Phi) is 3.33. The monoisotopic (exact) mass is 211 g/mol. The topological polar surface area (TPSA) is 60.2 Å². The van der Waals surface area contributed by atoms with Gasteiger partial charge in [-0.2, -0.15) is 4.98 Å². The van der Waals surface area contributed by atoms with Crippen molar-refractivity contribution in [1.29, 1.82) is 0 Å². The molecule has 0 aromatic carbocycles. The van der Waals surface area contributed by atoms with E-state index in [4.69, 9.17) is 9.26 Å². The highest BCUT2D eigenvalue weighted by molar-refractivity contribution is 4.93. The molecule has 1 aromatic heterocycles. The molecule has 0 radical (unpaired) electrons. The minimum absolute atomic E-state index is 0.131. The summed E-state index contributed by atoms with van der Waals surface area (Å²) in [6.07, 6.45) is 3.24. The van der Waals surface area contributed by atoms with E-state index in [0.29, 0.717) is 11.7 Å². The summed E-state index contributed by atoms with van der Waals surface area (Å²) in [6, 6.07) is 0.131. The second-order valence-corrected chi connectivity index (χ2v) is 3.90. The molecule has 5 nitrogen and oxygen atoms in total. The molecule has 0 aliphatic carbocycles. The van der Waals surface area contributed by atoms with Gasteiger partial charge in [-0.1, -0.05) is 5.16 Å². The van der Waals surface area contributed by atoms with E-state index >= 15 is 0 Å². The number of hydrogen-bond donors (Lipinski definition) is 1. The maximum atomic E-state index is 5.51. The molecule has 1 saturated heterocycles. The van der Waals surface area contributed by atoms with Crippen molar-refractivity contribution in [3.05, 3.63) is 11.7 Å². The molecule has 15 heavy (non-hydrogen) atoms. The Hall–Kier alpha value is -0.940. The van der Waals surface area contributed by atoms with E-state index in [2.05, 4.69) is 15.5 Å². The Balaban J connectivity index is 1.94. The SMILES string of the molecule is CNC(C)c1noc(CC2CCCO2)n1. The van der Waals surface area contributed by atoms with E-state index in [0.717, 1.165) is 25.9 Å². The summed E-state index contributed by atoms with van der Waals surface area (Å²) in [4.78, 5) is 4.32. The lowest BCUT2D eigenvalue weighted by Gasteiger charge is -2.04. The van der Waals surface area contributed by atoms with Crippen LogP contribution in [0.15, 0.2) is 4.52 Å². The third kappa shape index (κ3) is 2.54. The fourth-order valence-electron chi connectivity index (χ4n) is 1.66. The lowest BCUT2D eigenvalue weighted by atomic mass is 10.2. The van der Waals surface area contributed by atoms with E-state index in [1.54, 1.807) is 0 Å². The Morgan fingerprint density at radius 2 is 2.47 bits per heavy atom. The maximum Gasteiger partial charge on any atom is 0.229 e. The molecule has 0 spiro atoms. The Morgan fingerprint density at radius 3 is 3.13 bits per heavy atom. The number of rotatable bonds is 4. The van der Waals surface area contributed by atoms with Crippen LogP contribution in [0.3, 0.4) is 0 Å². The van der Waals surface area contributed by atoms with Crippen molar-refractivity contribution in [2.45, 2.75) is 38.3 Å². The summed E-state index contributed by atoms with van der Waals surface area (Å²) in [7, 11) is 1.88. The van der Waals surface area contributed by atoms with Crippen LogP contribution in [0.1, 0.15) is 37.5 Å². The van der Waals surface area contributed by atoms with Crippen LogP contribution in [0.25, 0.3) is 0 Å². The van der Waals surface area contributed by atoms with Gasteiger partial charge in [-0.25, -0.2) is 0 Å². The van der Waals surface area contributed by atoms with Crippen LogP contribution in [0.5, 0.6) is 0 Å². The molecule has 0 saturated carbocycles. The first-order valence-electron chi connectivity index (χ1n) is 5.41. The first kappa shape index (κ1) is 10.6. The van der Waals surface area contributed by atoms with Crippen molar-refractivity contribution < 1.29 is 9.26 Å². The molecule has 2 rings (SSSR count). The van der Waals surface area contributed by atoms with E-state index in [9.17, 15) is 0 Å². The molecule has 1 N–H and O–H groups in total. The van der Waals surface area contributed by atoms with Gasteiger partial charge in [-0.05, 0) is 26.8 Å². The molecule has 1 fully saturated rings. The lowest BCUT2D eigenvalue weighted by molar-refractivity contribution is 0.104. The predicted octanol–water partition coefficient (Wildman–Crippen LogP) is 1.07. The highest BCUT2D eigenvalue weighted by atomic mass is 16.5. The van der Waals surface area contributed by atoms with Crippen LogP contribution in [0.2, 0.25) is 0 Å². The van der Waals surface area contributed by atoms with Gasteiger partial charge in [-0.15, -0.1) is 0 Å². The summed E-state index contributed by atoms with van der Waals surface area (Å²) in [6.45, 7) is 2.86. The zero-order chi connectivity index (χ0) is 10.7. The van der Waals surface area contributed by atoms with Crippen molar-refractivity contribution >= 4 is 0 Å². The zero-order valence-electron chi connectivity index (χ0n) is 9.19. The van der Waals surface area contributed by atoms with Gasteiger partial charge >= 0.3 is 0 Å². The Bertz CT molecular complexity index is 307. The van der Waals surface area contributed by atoms with Gasteiger partial charge in [0.05, 0.1) is 18.6 Å². The molecule has 5 heteroatoms. The predicted molar refractivity (Wildman–Crippen MR) is 54.5 cm³/mol. The number of aromatic nitrogens is 2. The molecule has 0 bridgehead atoms. The number of nitrogens with one attached hydrogen (secondary N) is 1. The third-order valence-electron chi connectivity index (χ3n) is 2.73. The minimum atomic E-state index is 0.131. The summed E-state index contributed by atoms with van der Waals surface area (Å²) in [5, 5.41) is 7.00. The van der Waals surface area contributed by atoms with E-state index in [-0.39, 0.29) is 12.1 Å². The van der Waals surface area contributed by atoms with Crippen molar-refractivity contribution in [3.8, 4) is 0 Å². The Labute approximate surface area is 89.2 Å². The van der Waals surface area contributed by atoms with Crippen molar-refractivity contribution in [1.82, 2.24) is 15.5 Å². The summed E-state index contributed by atoms with van der Waals surface area (Å²) >= 11 is 0. The van der Waals surface area contributed by atoms with Gasteiger partial charge in [0.15, 0.2) is 5.82 Å². The summed E-state index contributed by atoms with van der Waals surface area (Å²) in [5.41, 5.74) is 0. The maximum absolute atomic E-state index is 5.51. The molecule has 2 atom stereocenters. The number of hydrogen-bond acceptors (Lipinski definition) is 5. The molecule has 1 aliphatic heterocycles. The smallest absolute Gasteiger partial charge is 0.229 e. The highest BCUT2D eigenvalue weighted by Crippen LogP contribution is 2.17. The van der Waals surface area contributed by atoms with E-state index in [1.807, 2.05) is 14.0 Å². The van der Waals surface area contributed by atoms with Gasteiger partial charge in [0.1, 0.15) is 0 Å². The summed E-state index contributed by atoms with van der Waals surface area (Å²) in [5.74, 6) is 1.39. The molecular formula is C10H17N3O2. The fraction of sp³-hybridized carbons (Fsp3) is 0.800. The zero-order valence-corrected chi connectivity index (χ0v) is 9.19. The van der Waals surface area contributed by atoms with Crippen molar-refractivity contribution in [3.63, 3.8) is 0 Å². The van der Waals surface area contributed by atoms with Gasteiger partial charge < -0.3 is 14.6 Å². The first-order valence-corrected chi connectivity index (χ1v) is 5.41.